The molecule has 1 aliphatic rings. The van der Waals surface area contributed by atoms with Gasteiger partial charge >= 0.3 is 0 Å². The Morgan fingerprint density at radius 3 is 2.90 bits per heavy atom. The van der Waals surface area contributed by atoms with Gasteiger partial charge in [0.25, 0.3) is 0 Å². The number of nitrogen functional groups attached to an aromatic ring is 1. The minimum Gasteiger partial charge on any atom is -0.388 e. The van der Waals surface area contributed by atoms with E-state index in [1.807, 2.05) is 6.26 Å². The predicted molar refractivity (Wildman–Crippen MR) is 82.7 cm³/mol. The van der Waals surface area contributed by atoms with Crippen molar-refractivity contribution in [1.82, 2.24) is 9.97 Å². The fraction of sp³-hybridized carbons (Fsp3) is 0.692. The maximum Gasteiger partial charge on any atom is 0.191 e. The number of hydrazine groups is 1. The molecule has 2 rings (SSSR count). The van der Waals surface area contributed by atoms with Gasteiger partial charge in [-0.15, -0.1) is 0 Å². The molecule has 1 aliphatic carbocycles. The van der Waals surface area contributed by atoms with Crippen molar-refractivity contribution in [3.63, 3.8) is 0 Å². The number of nitrogens with one attached hydrogen (secondary N) is 2. The van der Waals surface area contributed by atoms with E-state index in [-0.39, 0.29) is 0 Å². The third-order valence-electron chi connectivity index (χ3n) is 3.70. The van der Waals surface area contributed by atoms with E-state index in [1.165, 1.54) is 18.2 Å². The summed E-state index contributed by atoms with van der Waals surface area (Å²) < 4.78 is 0. The zero-order valence-electron chi connectivity index (χ0n) is 12.0. The molecule has 1 saturated carbocycles. The number of anilines is 2. The summed E-state index contributed by atoms with van der Waals surface area (Å²) >= 11 is 1.45. The molecule has 2 unspecified atom stereocenters. The summed E-state index contributed by atoms with van der Waals surface area (Å²) in [4.78, 5) is 8.58. The number of nitrogens with two attached hydrogens (primary N) is 1. The SMILES string of the molecule is CSc1nc(NN)cc(NCC2(O)CCCC(C)C2)n1. The van der Waals surface area contributed by atoms with Gasteiger partial charge < -0.3 is 15.8 Å². The second-order valence-electron chi connectivity index (χ2n) is 5.55. The molecule has 1 aromatic heterocycles. The fourth-order valence-corrected chi connectivity index (χ4v) is 3.11. The Kier molecular flexibility index (Phi) is 5.06. The van der Waals surface area contributed by atoms with Crippen LogP contribution in [-0.4, -0.2) is 33.5 Å². The molecular formula is C13H23N5OS. The number of hydrogen-bond donors (Lipinski definition) is 4. The normalized spacial score (nSPS) is 26.3. The second-order valence-corrected chi connectivity index (χ2v) is 6.32. The maximum atomic E-state index is 10.6. The van der Waals surface area contributed by atoms with Crippen molar-refractivity contribution in [3.05, 3.63) is 6.07 Å². The van der Waals surface area contributed by atoms with Crippen molar-refractivity contribution in [1.29, 1.82) is 0 Å². The van der Waals surface area contributed by atoms with E-state index in [1.54, 1.807) is 6.07 Å². The lowest BCUT2D eigenvalue weighted by atomic mass is 9.79. The van der Waals surface area contributed by atoms with Crippen LogP contribution in [0.15, 0.2) is 11.2 Å². The van der Waals surface area contributed by atoms with Crippen molar-refractivity contribution >= 4 is 23.4 Å². The van der Waals surface area contributed by atoms with E-state index < -0.39 is 5.60 Å². The quantitative estimate of drug-likeness (QED) is 0.285. The highest BCUT2D eigenvalue weighted by Gasteiger charge is 2.32. The standard InChI is InChI=1S/C13H23N5OS/c1-9-4-3-5-13(19,7-9)8-15-10-6-11(18-14)17-12(16-10)20-2/h6,9,19H,3-5,7-8,14H2,1-2H3,(H2,15,16,17,18). The number of thioether (sulfide) groups is 1. The molecule has 112 valence electrons. The van der Waals surface area contributed by atoms with Crippen LogP contribution in [0.4, 0.5) is 11.6 Å². The summed E-state index contributed by atoms with van der Waals surface area (Å²) in [7, 11) is 0. The van der Waals surface area contributed by atoms with Crippen molar-refractivity contribution in [2.45, 2.75) is 43.4 Å². The zero-order valence-corrected chi connectivity index (χ0v) is 12.8. The highest BCUT2D eigenvalue weighted by Crippen LogP contribution is 2.32. The molecule has 1 heterocycles. The highest BCUT2D eigenvalue weighted by atomic mass is 32.2. The van der Waals surface area contributed by atoms with Crippen LogP contribution in [0.1, 0.15) is 32.6 Å². The molecule has 0 radical (unpaired) electrons. The molecule has 0 spiro atoms. The minimum absolute atomic E-state index is 0.506. The van der Waals surface area contributed by atoms with E-state index in [2.05, 4.69) is 27.6 Å². The monoisotopic (exact) mass is 297 g/mol. The first kappa shape index (κ1) is 15.3. The molecule has 1 aromatic rings. The summed E-state index contributed by atoms with van der Waals surface area (Å²) in [6, 6.07) is 1.75. The van der Waals surface area contributed by atoms with Gasteiger partial charge in [0.2, 0.25) is 0 Å². The van der Waals surface area contributed by atoms with Crippen LogP contribution >= 0.6 is 11.8 Å². The maximum absolute atomic E-state index is 10.6. The van der Waals surface area contributed by atoms with E-state index in [0.717, 1.165) is 19.3 Å². The molecule has 5 N–H and O–H groups in total. The van der Waals surface area contributed by atoms with E-state index in [4.69, 9.17) is 5.84 Å². The molecular weight excluding hydrogens is 274 g/mol. The first-order valence-corrected chi connectivity index (χ1v) is 8.13. The van der Waals surface area contributed by atoms with Crippen molar-refractivity contribution in [2.24, 2.45) is 11.8 Å². The van der Waals surface area contributed by atoms with Crippen LogP contribution in [0.2, 0.25) is 0 Å². The second kappa shape index (κ2) is 6.60. The van der Waals surface area contributed by atoms with Crippen molar-refractivity contribution in [2.75, 3.05) is 23.5 Å². The fourth-order valence-electron chi connectivity index (χ4n) is 2.73. The topological polar surface area (TPSA) is 96.1 Å². The molecule has 0 amide bonds. The van der Waals surface area contributed by atoms with Crippen LogP contribution in [0, 0.1) is 5.92 Å². The van der Waals surface area contributed by atoms with Gasteiger partial charge in [-0.25, -0.2) is 15.8 Å². The molecule has 7 heteroatoms. The number of nitrogens with zero attached hydrogens (tertiary/aromatic N) is 2. The molecule has 20 heavy (non-hydrogen) atoms. The Morgan fingerprint density at radius 1 is 1.50 bits per heavy atom. The van der Waals surface area contributed by atoms with Crippen LogP contribution in [0.3, 0.4) is 0 Å². The molecule has 6 nitrogen and oxygen atoms in total. The third-order valence-corrected chi connectivity index (χ3v) is 4.25. The van der Waals surface area contributed by atoms with E-state index in [9.17, 15) is 5.11 Å². The van der Waals surface area contributed by atoms with Crippen LogP contribution in [0.5, 0.6) is 0 Å². The molecule has 0 saturated heterocycles. The Bertz CT molecular complexity index is 436. The molecule has 2 atom stereocenters. The lowest BCUT2D eigenvalue weighted by Gasteiger charge is -2.35. The van der Waals surface area contributed by atoms with Gasteiger partial charge in [-0.05, 0) is 25.0 Å². The van der Waals surface area contributed by atoms with Crippen molar-refractivity contribution in [3.8, 4) is 0 Å². The Balaban J connectivity index is 2.02. The Labute approximate surface area is 123 Å². The van der Waals surface area contributed by atoms with Gasteiger partial charge in [0, 0.05) is 12.6 Å². The van der Waals surface area contributed by atoms with Gasteiger partial charge in [-0.2, -0.15) is 0 Å². The number of rotatable bonds is 5. The van der Waals surface area contributed by atoms with Crippen LogP contribution < -0.4 is 16.6 Å². The molecule has 0 aromatic carbocycles. The Hall–Kier alpha value is -1.05. The third kappa shape index (κ3) is 3.97. The van der Waals surface area contributed by atoms with Gasteiger partial charge in [-0.3, -0.25) is 0 Å². The molecule has 0 aliphatic heterocycles. The summed E-state index contributed by atoms with van der Waals surface area (Å²) in [5.41, 5.74) is 1.89. The smallest absolute Gasteiger partial charge is 0.191 e. The first-order chi connectivity index (χ1) is 9.54. The summed E-state index contributed by atoms with van der Waals surface area (Å²) in [5, 5.41) is 14.5. The molecule has 1 fully saturated rings. The summed E-state index contributed by atoms with van der Waals surface area (Å²) in [6.07, 6.45) is 5.87. The minimum atomic E-state index is -0.640. The average molecular weight is 297 g/mol. The highest BCUT2D eigenvalue weighted by molar-refractivity contribution is 7.98. The lowest BCUT2D eigenvalue weighted by molar-refractivity contribution is -0.000836. The lowest BCUT2D eigenvalue weighted by Crippen LogP contribution is -2.41. The first-order valence-electron chi connectivity index (χ1n) is 6.90. The van der Waals surface area contributed by atoms with Crippen molar-refractivity contribution < 1.29 is 5.11 Å². The zero-order chi connectivity index (χ0) is 14.6. The van der Waals surface area contributed by atoms with Gasteiger partial charge in [-0.1, -0.05) is 31.5 Å². The summed E-state index contributed by atoms with van der Waals surface area (Å²) in [6.45, 7) is 2.70. The van der Waals surface area contributed by atoms with Crippen LogP contribution in [-0.2, 0) is 0 Å². The van der Waals surface area contributed by atoms with E-state index in [0.29, 0.717) is 29.3 Å². The number of aromatic nitrogens is 2. The van der Waals surface area contributed by atoms with Gasteiger partial charge in [0.15, 0.2) is 5.16 Å². The van der Waals surface area contributed by atoms with Gasteiger partial charge in [0.1, 0.15) is 11.6 Å². The number of aliphatic hydroxyl groups is 1. The van der Waals surface area contributed by atoms with Gasteiger partial charge in [0.05, 0.1) is 5.60 Å². The average Bonchev–Trinajstić information content (AvgIpc) is 2.44. The van der Waals surface area contributed by atoms with Crippen LogP contribution in [0.25, 0.3) is 0 Å². The Morgan fingerprint density at radius 2 is 2.25 bits per heavy atom. The number of hydrogen-bond acceptors (Lipinski definition) is 7. The molecule has 0 bridgehead atoms. The predicted octanol–water partition coefficient (Wildman–Crippen LogP) is 1.84. The summed E-state index contributed by atoms with van der Waals surface area (Å²) in [5.74, 6) is 7.22. The van der Waals surface area contributed by atoms with E-state index >= 15 is 0 Å². The largest absolute Gasteiger partial charge is 0.388 e.